The summed E-state index contributed by atoms with van der Waals surface area (Å²) in [6.07, 6.45) is 4.77. The summed E-state index contributed by atoms with van der Waals surface area (Å²) in [5.41, 5.74) is 20.7. The lowest BCUT2D eigenvalue weighted by Crippen LogP contribution is -2.49. The quantitative estimate of drug-likeness (QED) is 0.0248. The molecule has 0 fully saturated rings. The third-order valence-electron chi connectivity index (χ3n) is 11.5. The molecule has 1 aliphatic heterocycles. The van der Waals surface area contributed by atoms with Gasteiger partial charge in [0.15, 0.2) is 0 Å². The van der Waals surface area contributed by atoms with Crippen LogP contribution in [0.3, 0.4) is 0 Å². The number of anilines is 1. The van der Waals surface area contributed by atoms with E-state index in [1.54, 1.807) is 19.1 Å². The molecule has 2 aliphatic rings. The molecule has 0 spiro atoms. The van der Waals surface area contributed by atoms with Gasteiger partial charge < -0.3 is 58.2 Å². The number of carboxylic acids is 1. The number of carbonyl (C=O) groups excluding carboxylic acids is 6. The van der Waals surface area contributed by atoms with Gasteiger partial charge in [-0.15, -0.1) is 0 Å². The summed E-state index contributed by atoms with van der Waals surface area (Å²) in [5, 5.41) is 25.6. The van der Waals surface area contributed by atoms with E-state index in [1.807, 2.05) is 74.1 Å². The second-order valence-electron chi connectivity index (χ2n) is 17.5. The monoisotopic (exact) mass is 942 g/mol. The third kappa shape index (κ3) is 15.6. The molecule has 368 valence electrons. The number of hydrogen-bond donors (Lipinski definition) is 9. The number of benzene rings is 3. The summed E-state index contributed by atoms with van der Waals surface area (Å²) >= 11 is 0. The molecular weight excluding hydrogens is 873 g/mol. The van der Waals surface area contributed by atoms with Crippen molar-refractivity contribution in [2.24, 2.45) is 17.2 Å². The van der Waals surface area contributed by atoms with Gasteiger partial charge in [-0.3, -0.25) is 28.8 Å². The van der Waals surface area contributed by atoms with Crippen molar-refractivity contribution in [2.75, 3.05) is 52.7 Å². The van der Waals surface area contributed by atoms with Crippen LogP contribution in [0.25, 0.3) is 33.4 Å². The highest BCUT2D eigenvalue weighted by Crippen LogP contribution is 2.42. The van der Waals surface area contributed by atoms with Crippen molar-refractivity contribution in [2.45, 2.75) is 102 Å². The number of amides is 6. The van der Waals surface area contributed by atoms with Gasteiger partial charge >= 0.3 is 5.97 Å². The van der Waals surface area contributed by atoms with Crippen LogP contribution >= 0.6 is 0 Å². The highest BCUT2D eigenvalue weighted by Gasteiger charge is 2.25. The van der Waals surface area contributed by atoms with E-state index in [2.05, 4.69) is 26.6 Å². The second-order valence-corrected chi connectivity index (χ2v) is 17.5. The Morgan fingerprint density at radius 3 is 2.01 bits per heavy atom. The fourth-order valence-electron chi connectivity index (χ4n) is 7.45. The van der Waals surface area contributed by atoms with Crippen LogP contribution in [0.2, 0.25) is 0 Å². The highest BCUT2D eigenvalue weighted by molar-refractivity contribution is 6.09. The number of nitrogens with zero attached hydrogens (tertiary/aromatic N) is 2. The lowest BCUT2D eigenvalue weighted by atomic mass is 9.89. The summed E-state index contributed by atoms with van der Waals surface area (Å²) < 4.78 is 8.35. The molecule has 0 saturated heterocycles. The summed E-state index contributed by atoms with van der Waals surface area (Å²) in [6.45, 7) is 4.06. The summed E-state index contributed by atoms with van der Waals surface area (Å²) in [6, 6.07) is 13.1. The largest absolute Gasteiger partial charge is 0.478 e. The Labute approximate surface area is 397 Å². The van der Waals surface area contributed by atoms with Crippen LogP contribution < -0.4 is 58.6 Å². The van der Waals surface area contributed by atoms with Crippen molar-refractivity contribution in [3.05, 3.63) is 71.1 Å². The summed E-state index contributed by atoms with van der Waals surface area (Å²) in [4.78, 5) is 88.9. The number of primary amides is 1. The van der Waals surface area contributed by atoms with Crippen LogP contribution in [-0.2, 0) is 24.0 Å². The van der Waals surface area contributed by atoms with Gasteiger partial charge in [-0.1, -0.05) is 12.5 Å². The van der Waals surface area contributed by atoms with E-state index >= 15 is 0 Å². The predicted molar refractivity (Wildman–Crippen MR) is 262 cm³/mol. The Morgan fingerprint density at radius 2 is 1.37 bits per heavy atom. The van der Waals surface area contributed by atoms with Crippen molar-refractivity contribution in [3.63, 3.8) is 0 Å². The lowest BCUT2D eigenvalue weighted by molar-refractivity contribution is -0.129. The highest BCUT2D eigenvalue weighted by atomic mass is 16.4. The van der Waals surface area contributed by atoms with Gasteiger partial charge in [0.2, 0.25) is 34.9 Å². The number of aromatic carboxylic acids is 1. The topological polar surface area (TPSA) is 297 Å². The average molecular weight is 942 g/mol. The van der Waals surface area contributed by atoms with Gasteiger partial charge in [0.1, 0.15) is 37.5 Å². The standard InChI is InChI=1S/C49H68N10O9/c1-29(50)45(62)56-30(2)46(63)53-23-11-7-8-16-42(60)57-39(44(52)61)15-10-13-25-55-48(65)38(51)14-9-12-24-54-47(64)31-17-20-34(37(26-31)49(66)67)43-35-21-18-32(58(3)4)27-40(35)68-41-28-33(59(5)6)19-22-36(41)43/h17-22,26-30,38-39H,7-16,23-25,50-51H2,1-6H3,(H7-,52,53,54,55,56,57,60,61,62,63,64,65,66,67)/p+1/t29-,30?,38-,39?/m0/s1. The zero-order valence-corrected chi connectivity index (χ0v) is 40.0. The molecular formula is C49H69N10O9+. The maximum atomic E-state index is 13.3. The van der Waals surface area contributed by atoms with E-state index in [0.29, 0.717) is 93.3 Å². The Kier molecular flexibility index (Phi) is 20.5. The minimum atomic E-state index is -1.18. The van der Waals surface area contributed by atoms with Crippen LogP contribution in [0.5, 0.6) is 0 Å². The van der Waals surface area contributed by atoms with Crippen molar-refractivity contribution < 1.29 is 43.1 Å². The van der Waals surface area contributed by atoms with Crippen LogP contribution in [0.1, 0.15) is 98.8 Å². The average Bonchev–Trinajstić information content (AvgIpc) is 3.29. The van der Waals surface area contributed by atoms with Crippen molar-refractivity contribution in [3.8, 4) is 22.5 Å². The van der Waals surface area contributed by atoms with Crippen molar-refractivity contribution in [1.82, 2.24) is 31.2 Å². The van der Waals surface area contributed by atoms with Gasteiger partial charge in [0.05, 0.1) is 23.7 Å². The second kappa shape index (κ2) is 25.9. The molecule has 0 bridgehead atoms. The van der Waals surface area contributed by atoms with E-state index in [1.165, 1.54) is 13.0 Å². The molecule has 0 aromatic heterocycles. The number of unbranched alkanes of at least 4 members (excludes halogenated alkanes) is 4. The first-order valence-corrected chi connectivity index (χ1v) is 23.1. The number of carbonyl (C=O) groups is 7. The van der Waals surface area contributed by atoms with E-state index in [-0.39, 0.29) is 41.8 Å². The van der Waals surface area contributed by atoms with Gasteiger partial charge in [0.25, 0.3) is 5.91 Å². The Balaban J connectivity index is 1.18. The van der Waals surface area contributed by atoms with Crippen LogP contribution in [-0.4, -0.2) is 119 Å². The number of rotatable bonds is 26. The summed E-state index contributed by atoms with van der Waals surface area (Å²) in [7, 11) is 7.71. The molecule has 2 aromatic rings. The maximum Gasteiger partial charge on any atom is 0.336 e. The summed E-state index contributed by atoms with van der Waals surface area (Å²) in [5.74, 6) is -3.08. The number of nitrogens with one attached hydrogen (secondary N) is 5. The van der Waals surface area contributed by atoms with Gasteiger partial charge in [-0.25, -0.2) is 9.37 Å². The Hall–Kier alpha value is -6.86. The predicted octanol–water partition coefficient (Wildman–Crippen LogP) is 2.01. The fraction of sp³-hybridized carbons (Fsp3) is 0.469. The number of hydrogen-bond acceptors (Lipinski definition) is 11. The third-order valence-corrected chi connectivity index (χ3v) is 11.5. The van der Waals surface area contributed by atoms with E-state index < -0.39 is 47.9 Å². The van der Waals surface area contributed by atoms with Crippen LogP contribution in [0, 0.1) is 0 Å². The molecule has 2 unspecified atom stereocenters. The molecule has 1 heterocycles. The SMILES string of the molecule is CC(NC(=O)[C@H](C)N)C(=O)NCCCCCC(=O)NC(CCCCNC(=O)[C@@H](N)CCCCNC(=O)c1ccc(-c2c3ccc(=[N+](C)C)cc-3oc3cc(N(C)C)ccc23)c(C(=O)O)c1)C(N)=O. The molecule has 12 N–H and O–H groups in total. The molecule has 2 aromatic carbocycles. The first kappa shape index (κ1) is 53.8. The molecule has 4 rings (SSSR count). The van der Waals surface area contributed by atoms with E-state index in [0.717, 1.165) is 22.0 Å². The van der Waals surface area contributed by atoms with E-state index in [9.17, 15) is 38.7 Å². The zero-order valence-electron chi connectivity index (χ0n) is 40.0. The Morgan fingerprint density at radius 1 is 0.721 bits per heavy atom. The molecule has 4 atom stereocenters. The van der Waals surface area contributed by atoms with Crippen LogP contribution in [0.4, 0.5) is 5.69 Å². The number of fused-ring (bicyclic) bond motifs is 2. The molecule has 68 heavy (non-hydrogen) atoms. The van der Waals surface area contributed by atoms with Crippen molar-refractivity contribution >= 4 is 58.1 Å². The molecule has 0 saturated carbocycles. The molecule has 1 aliphatic carbocycles. The lowest BCUT2D eigenvalue weighted by Gasteiger charge is -2.19. The number of carboxylic acid groups (broad SMARTS) is 1. The minimum Gasteiger partial charge on any atom is -0.478 e. The Bertz CT molecular complexity index is 2480. The van der Waals surface area contributed by atoms with Gasteiger partial charge in [-0.2, -0.15) is 0 Å². The fourth-order valence-corrected chi connectivity index (χ4v) is 7.45. The number of nitrogens with two attached hydrogens (primary N) is 3. The molecule has 6 amide bonds. The first-order valence-electron chi connectivity index (χ1n) is 23.1. The van der Waals surface area contributed by atoms with Gasteiger partial charge in [0, 0.05) is 80.0 Å². The first-order chi connectivity index (χ1) is 32.3. The molecule has 19 heteroatoms. The van der Waals surface area contributed by atoms with Crippen molar-refractivity contribution in [1.29, 1.82) is 0 Å². The van der Waals surface area contributed by atoms with Gasteiger partial charge in [-0.05, 0) is 101 Å². The van der Waals surface area contributed by atoms with E-state index in [4.69, 9.17) is 21.6 Å². The van der Waals surface area contributed by atoms with Crippen LogP contribution in [0.15, 0.2) is 59.0 Å². The zero-order chi connectivity index (χ0) is 50.1. The normalized spacial score (nSPS) is 12.9. The molecule has 0 radical (unpaired) electrons. The molecule has 19 nitrogen and oxygen atoms in total. The maximum absolute atomic E-state index is 13.3. The smallest absolute Gasteiger partial charge is 0.336 e. The minimum absolute atomic E-state index is 0.0319.